The summed E-state index contributed by atoms with van der Waals surface area (Å²) in [5.74, 6) is 0. The van der Waals surface area contributed by atoms with E-state index in [1.165, 1.54) is 76.7 Å². The zero-order valence-electron chi connectivity index (χ0n) is 14.6. The highest BCUT2D eigenvalue weighted by Crippen LogP contribution is 2.32. The van der Waals surface area contributed by atoms with Crippen LogP contribution in [-0.2, 0) is 0 Å². The second kappa shape index (κ2) is 8.15. The van der Waals surface area contributed by atoms with Crippen molar-refractivity contribution in [3.8, 4) is 0 Å². The molecule has 2 aliphatic heterocycles. The monoisotopic (exact) mass is 350 g/mol. The molecule has 0 amide bonds. The maximum atomic E-state index is 6.12. The second-order valence-corrected chi connectivity index (χ2v) is 12.4. The fourth-order valence-corrected chi connectivity index (χ4v) is 9.63. The van der Waals surface area contributed by atoms with Gasteiger partial charge in [-0.15, -0.1) is 0 Å². The predicted molar refractivity (Wildman–Crippen MR) is 104 cm³/mol. The lowest BCUT2D eigenvalue weighted by Crippen LogP contribution is -2.53. The van der Waals surface area contributed by atoms with E-state index in [4.69, 9.17) is 11.6 Å². The molecule has 4 heteroatoms. The van der Waals surface area contributed by atoms with Gasteiger partial charge in [-0.1, -0.05) is 67.2 Å². The molecule has 2 aliphatic rings. The quantitative estimate of drug-likeness (QED) is 0.745. The van der Waals surface area contributed by atoms with Crippen molar-refractivity contribution in [1.29, 1.82) is 0 Å². The molecule has 0 atom stereocenters. The fourth-order valence-electron chi connectivity index (χ4n) is 4.42. The van der Waals surface area contributed by atoms with Crippen molar-refractivity contribution < 1.29 is 0 Å². The number of rotatable bonds is 5. The van der Waals surface area contributed by atoms with Gasteiger partial charge in [0, 0.05) is 31.2 Å². The Morgan fingerprint density at radius 1 is 0.913 bits per heavy atom. The normalized spacial score (nSPS) is 23.0. The Balaban J connectivity index is 1.64. The molecule has 0 aliphatic carbocycles. The third-order valence-corrected chi connectivity index (χ3v) is 11.7. The summed E-state index contributed by atoms with van der Waals surface area (Å²) in [4.78, 5) is 5.29. The van der Waals surface area contributed by atoms with E-state index >= 15 is 0 Å². The molecule has 2 heterocycles. The van der Waals surface area contributed by atoms with Crippen LogP contribution in [0.2, 0.25) is 23.2 Å². The summed E-state index contributed by atoms with van der Waals surface area (Å²) in [5, 5.41) is 2.54. The number of nitrogens with zero attached hydrogens (tertiary/aromatic N) is 2. The van der Waals surface area contributed by atoms with Gasteiger partial charge >= 0.3 is 0 Å². The maximum absolute atomic E-state index is 6.12. The fraction of sp³-hybridized carbons (Fsp3) is 0.684. The van der Waals surface area contributed by atoms with E-state index in [2.05, 4.69) is 41.0 Å². The van der Waals surface area contributed by atoms with Gasteiger partial charge in [0.1, 0.15) is 0 Å². The smallest absolute Gasteiger partial charge is 0.0879 e. The molecule has 1 aromatic rings. The number of hydrogen-bond donors (Lipinski definition) is 0. The molecule has 0 unspecified atom stereocenters. The first-order valence-electron chi connectivity index (χ1n) is 9.43. The van der Waals surface area contributed by atoms with E-state index in [-0.39, 0.29) is 0 Å². The Bertz CT molecular complexity index is 477. The zero-order valence-corrected chi connectivity index (χ0v) is 16.3. The molecule has 0 bridgehead atoms. The standard InChI is InChI=1S/C19H31ClN2Si/c1-2-21-10-12-22(13-11-21)14-17-23(15-4-3-5-16-23)19-8-6-18(20)7-9-19/h6-9H,2-5,10-17H2,1H3. The highest BCUT2D eigenvalue weighted by molar-refractivity contribution is 6.92. The highest BCUT2D eigenvalue weighted by Gasteiger charge is 2.36. The van der Waals surface area contributed by atoms with Gasteiger partial charge in [-0.3, -0.25) is 0 Å². The maximum Gasteiger partial charge on any atom is 0.0879 e. The van der Waals surface area contributed by atoms with Crippen LogP contribution in [0.15, 0.2) is 24.3 Å². The van der Waals surface area contributed by atoms with E-state index in [0.29, 0.717) is 0 Å². The summed E-state index contributed by atoms with van der Waals surface area (Å²) in [5.41, 5.74) is 0. The van der Waals surface area contributed by atoms with Crippen LogP contribution < -0.4 is 5.19 Å². The van der Waals surface area contributed by atoms with E-state index in [1.807, 2.05) is 0 Å². The minimum atomic E-state index is -1.30. The molecule has 2 fully saturated rings. The lowest BCUT2D eigenvalue weighted by molar-refractivity contribution is 0.142. The zero-order chi connectivity index (χ0) is 16.1. The van der Waals surface area contributed by atoms with Crippen LogP contribution in [0, 0.1) is 0 Å². The Labute approximate surface area is 147 Å². The van der Waals surface area contributed by atoms with Crippen LogP contribution in [0.4, 0.5) is 0 Å². The summed E-state index contributed by atoms with van der Waals surface area (Å²) in [6.07, 6.45) is 4.33. The molecule has 128 valence electrons. The lowest BCUT2D eigenvalue weighted by atomic mass is 10.3. The SMILES string of the molecule is CCN1CCN(CC[Si]2(c3ccc(Cl)cc3)CCCCC2)CC1. The first-order chi connectivity index (χ1) is 11.2. The largest absolute Gasteiger partial charge is 0.301 e. The average Bonchev–Trinajstić information content (AvgIpc) is 2.62. The summed E-state index contributed by atoms with van der Waals surface area (Å²) in [6, 6.07) is 13.3. The second-order valence-electron chi connectivity index (χ2n) is 7.37. The summed E-state index contributed by atoms with van der Waals surface area (Å²) >= 11 is 6.12. The number of benzene rings is 1. The molecular formula is C19H31ClN2Si. The summed E-state index contributed by atoms with van der Waals surface area (Å²) in [7, 11) is -1.30. The molecular weight excluding hydrogens is 320 g/mol. The molecule has 0 spiro atoms. The first kappa shape index (κ1) is 17.5. The molecule has 3 rings (SSSR count). The van der Waals surface area contributed by atoms with E-state index in [9.17, 15) is 0 Å². The molecule has 0 saturated carbocycles. The summed E-state index contributed by atoms with van der Waals surface area (Å²) < 4.78 is 0. The minimum absolute atomic E-state index is 0.879. The lowest BCUT2D eigenvalue weighted by Gasteiger charge is -2.39. The van der Waals surface area contributed by atoms with Gasteiger partial charge < -0.3 is 9.80 Å². The van der Waals surface area contributed by atoms with Crippen molar-refractivity contribution in [2.75, 3.05) is 39.3 Å². The minimum Gasteiger partial charge on any atom is -0.301 e. The molecule has 0 radical (unpaired) electrons. The molecule has 1 aromatic carbocycles. The highest BCUT2D eigenvalue weighted by atomic mass is 35.5. The van der Waals surface area contributed by atoms with Gasteiger partial charge in [-0.25, -0.2) is 0 Å². The van der Waals surface area contributed by atoms with Gasteiger partial charge in [0.15, 0.2) is 0 Å². The van der Waals surface area contributed by atoms with Crippen molar-refractivity contribution in [3.05, 3.63) is 29.3 Å². The van der Waals surface area contributed by atoms with Crippen LogP contribution in [0.25, 0.3) is 0 Å². The Hall–Kier alpha value is -0.353. The first-order valence-corrected chi connectivity index (χ1v) is 12.4. The van der Waals surface area contributed by atoms with Gasteiger partial charge in [0.25, 0.3) is 0 Å². The van der Waals surface area contributed by atoms with Crippen molar-refractivity contribution >= 4 is 24.9 Å². The number of hydrogen-bond acceptors (Lipinski definition) is 2. The van der Waals surface area contributed by atoms with E-state index in [1.54, 1.807) is 5.19 Å². The molecule has 23 heavy (non-hydrogen) atoms. The van der Waals surface area contributed by atoms with Crippen LogP contribution in [0.3, 0.4) is 0 Å². The van der Waals surface area contributed by atoms with Crippen molar-refractivity contribution in [2.45, 2.75) is 44.3 Å². The van der Waals surface area contributed by atoms with Crippen molar-refractivity contribution in [1.82, 2.24) is 9.80 Å². The molecule has 0 aromatic heterocycles. The van der Waals surface area contributed by atoms with Crippen molar-refractivity contribution in [2.24, 2.45) is 0 Å². The average molecular weight is 351 g/mol. The van der Waals surface area contributed by atoms with Gasteiger partial charge in [-0.05, 0) is 31.3 Å². The van der Waals surface area contributed by atoms with Crippen LogP contribution in [0.5, 0.6) is 0 Å². The third kappa shape index (κ3) is 4.39. The third-order valence-electron chi connectivity index (χ3n) is 6.09. The van der Waals surface area contributed by atoms with E-state index < -0.39 is 8.07 Å². The van der Waals surface area contributed by atoms with Crippen LogP contribution in [0.1, 0.15) is 26.2 Å². The topological polar surface area (TPSA) is 6.48 Å². The van der Waals surface area contributed by atoms with E-state index in [0.717, 1.165) is 5.02 Å². The number of piperazine rings is 1. The molecule has 2 nitrogen and oxygen atoms in total. The van der Waals surface area contributed by atoms with Gasteiger partial charge in [-0.2, -0.15) is 0 Å². The van der Waals surface area contributed by atoms with Crippen LogP contribution >= 0.6 is 11.6 Å². The Kier molecular flexibility index (Phi) is 6.19. The predicted octanol–water partition coefficient (Wildman–Crippen LogP) is 3.82. The number of halogens is 1. The molecule has 2 saturated heterocycles. The van der Waals surface area contributed by atoms with Gasteiger partial charge in [0.05, 0.1) is 8.07 Å². The van der Waals surface area contributed by atoms with Crippen LogP contribution in [-0.4, -0.2) is 57.1 Å². The number of likely N-dealkylation sites (N-methyl/N-ethyl adjacent to an activating group) is 1. The van der Waals surface area contributed by atoms with Crippen molar-refractivity contribution in [3.63, 3.8) is 0 Å². The Morgan fingerprint density at radius 2 is 1.52 bits per heavy atom. The molecule has 0 N–H and O–H groups in total. The van der Waals surface area contributed by atoms with Gasteiger partial charge in [0.2, 0.25) is 0 Å². The summed E-state index contributed by atoms with van der Waals surface area (Å²) in [6.45, 7) is 9.83. The Morgan fingerprint density at radius 3 is 2.13 bits per heavy atom.